The number of aryl methyl sites for hydroxylation is 1. The quantitative estimate of drug-likeness (QED) is 0.796. The third-order valence-electron chi connectivity index (χ3n) is 2.37. The van der Waals surface area contributed by atoms with E-state index in [1.165, 1.54) is 6.20 Å². The molecule has 1 amide bonds. The molecule has 0 saturated heterocycles. The van der Waals surface area contributed by atoms with Crippen molar-refractivity contribution in [2.45, 2.75) is 32.1 Å². The van der Waals surface area contributed by atoms with Gasteiger partial charge < -0.3 is 11.1 Å². The highest BCUT2D eigenvalue weighted by molar-refractivity contribution is 5.79. The molecule has 8 heteroatoms. The normalized spacial score (nSPS) is 13.6. The summed E-state index contributed by atoms with van der Waals surface area (Å²) in [5, 5.41) is 6.24. The molecule has 0 saturated carbocycles. The summed E-state index contributed by atoms with van der Waals surface area (Å²) in [5.41, 5.74) is 4.21. The number of carbonyl (C=O) groups is 1. The smallest absolute Gasteiger partial charge is 0.368 e. The number of carbonyl (C=O) groups excluding carboxylic acids is 1. The van der Waals surface area contributed by atoms with Crippen LogP contribution in [0.4, 0.5) is 13.2 Å². The largest absolute Gasteiger partial charge is 0.435 e. The summed E-state index contributed by atoms with van der Waals surface area (Å²) >= 11 is 0. The van der Waals surface area contributed by atoms with Crippen LogP contribution < -0.4 is 11.1 Å². The second-order valence-electron chi connectivity index (χ2n) is 3.76. The Bertz CT molecular complexity index is 402. The van der Waals surface area contributed by atoms with Gasteiger partial charge in [-0.15, -0.1) is 0 Å². The molecule has 0 bridgehead atoms. The van der Waals surface area contributed by atoms with Crippen LogP contribution in [-0.2, 0) is 17.5 Å². The van der Waals surface area contributed by atoms with Crippen molar-refractivity contribution < 1.29 is 18.0 Å². The van der Waals surface area contributed by atoms with Crippen LogP contribution >= 0.6 is 0 Å². The van der Waals surface area contributed by atoms with Gasteiger partial charge in [0.25, 0.3) is 0 Å². The van der Waals surface area contributed by atoms with Crippen molar-refractivity contribution in [3.63, 3.8) is 0 Å². The summed E-state index contributed by atoms with van der Waals surface area (Å²) in [5.74, 6) is -0.528. The molecule has 1 atom stereocenters. The summed E-state index contributed by atoms with van der Waals surface area (Å²) in [6.07, 6.45) is -2.93. The van der Waals surface area contributed by atoms with Gasteiger partial charge in [0, 0.05) is 12.7 Å². The lowest BCUT2D eigenvalue weighted by molar-refractivity contribution is -0.141. The molecule has 1 heterocycles. The van der Waals surface area contributed by atoms with Gasteiger partial charge in [0.2, 0.25) is 5.91 Å². The van der Waals surface area contributed by atoms with Crippen LogP contribution in [-0.4, -0.2) is 28.3 Å². The molecule has 5 nitrogen and oxygen atoms in total. The van der Waals surface area contributed by atoms with E-state index in [0.29, 0.717) is 13.0 Å². The lowest BCUT2D eigenvalue weighted by Gasteiger charge is -2.13. The van der Waals surface area contributed by atoms with Gasteiger partial charge in [0.15, 0.2) is 5.69 Å². The standard InChI is InChI=1S/C10H15F3N4O/c1-2-15-7(9(14)18)3-5-17-6-4-8(16-17)10(11,12)13/h4,6-7,15H,2-3,5H2,1H3,(H2,14,18). The number of primary amides is 1. The Kier molecular flexibility index (Phi) is 4.71. The molecule has 0 spiro atoms. The zero-order chi connectivity index (χ0) is 13.8. The Balaban J connectivity index is 2.57. The average molecular weight is 264 g/mol. The molecule has 0 aliphatic rings. The minimum absolute atomic E-state index is 0.191. The van der Waals surface area contributed by atoms with Gasteiger partial charge >= 0.3 is 6.18 Å². The van der Waals surface area contributed by atoms with Gasteiger partial charge in [-0.05, 0) is 19.0 Å². The molecule has 0 aliphatic carbocycles. The lowest BCUT2D eigenvalue weighted by atomic mass is 10.2. The second kappa shape index (κ2) is 5.85. The van der Waals surface area contributed by atoms with E-state index in [9.17, 15) is 18.0 Å². The number of nitrogens with zero attached hydrogens (tertiary/aromatic N) is 2. The number of rotatable bonds is 6. The van der Waals surface area contributed by atoms with Crippen molar-refractivity contribution >= 4 is 5.91 Å². The predicted octanol–water partition coefficient (Wildman–Crippen LogP) is 0.755. The van der Waals surface area contributed by atoms with Crippen LogP contribution in [0, 0.1) is 0 Å². The number of halogens is 3. The molecule has 1 rings (SSSR count). The van der Waals surface area contributed by atoms with Crippen molar-refractivity contribution in [1.29, 1.82) is 0 Å². The highest BCUT2D eigenvalue weighted by Crippen LogP contribution is 2.27. The molecular formula is C10H15F3N4O. The first-order chi connectivity index (χ1) is 8.34. The van der Waals surface area contributed by atoms with Crippen molar-refractivity contribution in [3.05, 3.63) is 18.0 Å². The average Bonchev–Trinajstić information content (AvgIpc) is 2.71. The molecular weight excluding hydrogens is 249 g/mol. The van der Waals surface area contributed by atoms with Gasteiger partial charge in [-0.1, -0.05) is 6.92 Å². The summed E-state index contributed by atoms with van der Waals surface area (Å²) < 4.78 is 38.0. The number of hydrogen-bond acceptors (Lipinski definition) is 3. The number of nitrogens with one attached hydrogen (secondary N) is 1. The fraction of sp³-hybridized carbons (Fsp3) is 0.600. The Morgan fingerprint density at radius 1 is 1.61 bits per heavy atom. The third-order valence-corrected chi connectivity index (χ3v) is 2.37. The zero-order valence-electron chi connectivity index (χ0n) is 9.87. The van der Waals surface area contributed by atoms with E-state index < -0.39 is 23.8 Å². The van der Waals surface area contributed by atoms with Crippen molar-refractivity contribution in [2.24, 2.45) is 5.73 Å². The number of hydrogen-bond donors (Lipinski definition) is 2. The fourth-order valence-corrected chi connectivity index (χ4v) is 1.49. The van der Waals surface area contributed by atoms with Crippen molar-refractivity contribution in [3.8, 4) is 0 Å². The SMILES string of the molecule is CCNC(CCn1ccc(C(F)(F)F)n1)C(N)=O. The number of amides is 1. The van der Waals surface area contributed by atoms with Crippen LogP contribution in [0.1, 0.15) is 19.0 Å². The zero-order valence-corrected chi connectivity index (χ0v) is 9.87. The van der Waals surface area contributed by atoms with Crippen LogP contribution in [0.25, 0.3) is 0 Å². The maximum atomic E-state index is 12.3. The number of likely N-dealkylation sites (N-methyl/N-ethyl adjacent to an activating group) is 1. The molecule has 0 aliphatic heterocycles. The first kappa shape index (κ1) is 14.5. The molecule has 1 aromatic rings. The maximum Gasteiger partial charge on any atom is 0.435 e. The predicted molar refractivity (Wildman–Crippen MR) is 58.5 cm³/mol. The highest BCUT2D eigenvalue weighted by atomic mass is 19.4. The Morgan fingerprint density at radius 3 is 2.72 bits per heavy atom. The van der Waals surface area contributed by atoms with Gasteiger partial charge in [0.05, 0.1) is 6.04 Å². The van der Waals surface area contributed by atoms with Gasteiger partial charge in [-0.3, -0.25) is 9.48 Å². The molecule has 0 fully saturated rings. The summed E-state index contributed by atoms with van der Waals surface area (Å²) in [4.78, 5) is 11.0. The van der Waals surface area contributed by atoms with E-state index in [-0.39, 0.29) is 6.54 Å². The Morgan fingerprint density at radius 2 is 2.28 bits per heavy atom. The van der Waals surface area contributed by atoms with E-state index in [1.54, 1.807) is 0 Å². The molecule has 102 valence electrons. The monoisotopic (exact) mass is 264 g/mol. The molecule has 1 unspecified atom stereocenters. The summed E-state index contributed by atoms with van der Waals surface area (Å²) in [6.45, 7) is 2.56. The van der Waals surface area contributed by atoms with E-state index in [1.807, 2.05) is 6.92 Å². The van der Waals surface area contributed by atoms with Gasteiger partial charge in [-0.25, -0.2) is 0 Å². The second-order valence-corrected chi connectivity index (χ2v) is 3.76. The Labute approximate surface area is 102 Å². The third kappa shape index (κ3) is 4.02. The Hall–Kier alpha value is -1.57. The molecule has 1 aromatic heterocycles. The van der Waals surface area contributed by atoms with E-state index in [0.717, 1.165) is 10.7 Å². The molecule has 0 aromatic carbocycles. The minimum atomic E-state index is -4.45. The van der Waals surface area contributed by atoms with Crippen LogP contribution in [0.3, 0.4) is 0 Å². The number of aromatic nitrogens is 2. The van der Waals surface area contributed by atoms with E-state index >= 15 is 0 Å². The van der Waals surface area contributed by atoms with Crippen LogP contribution in [0.5, 0.6) is 0 Å². The first-order valence-electron chi connectivity index (χ1n) is 5.48. The fourth-order valence-electron chi connectivity index (χ4n) is 1.49. The van der Waals surface area contributed by atoms with Gasteiger partial charge in [-0.2, -0.15) is 18.3 Å². The van der Waals surface area contributed by atoms with Crippen LogP contribution in [0.15, 0.2) is 12.3 Å². The first-order valence-corrected chi connectivity index (χ1v) is 5.48. The van der Waals surface area contributed by atoms with E-state index in [2.05, 4.69) is 10.4 Å². The van der Waals surface area contributed by atoms with Crippen LogP contribution in [0.2, 0.25) is 0 Å². The molecule has 18 heavy (non-hydrogen) atoms. The van der Waals surface area contributed by atoms with Gasteiger partial charge in [0.1, 0.15) is 0 Å². The summed E-state index contributed by atoms with van der Waals surface area (Å²) in [6, 6.07) is 0.334. The minimum Gasteiger partial charge on any atom is -0.368 e. The van der Waals surface area contributed by atoms with Crippen molar-refractivity contribution in [1.82, 2.24) is 15.1 Å². The topological polar surface area (TPSA) is 72.9 Å². The van der Waals surface area contributed by atoms with E-state index in [4.69, 9.17) is 5.73 Å². The van der Waals surface area contributed by atoms with Crippen molar-refractivity contribution in [2.75, 3.05) is 6.54 Å². The lowest BCUT2D eigenvalue weighted by Crippen LogP contribution is -2.41. The molecule has 0 radical (unpaired) electrons. The summed E-state index contributed by atoms with van der Waals surface area (Å²) in [7, 11) is 0. The maximum absolute atomic E-state index is 12.3. The number of nitrogens with two attached hydrogens (primary N) is 1. The number of alkyl halides is 3. The highest BCUT2D eigenvalue weighted by Gasteiger charge is 2.33. The molecule has 3 N–H and O–H groups in total.